The molecule has 2 aliphatic rings. The molecule has 3 heteroatoms. The number of nitrogens with one attached hydrogen (secondary N) is 1. The molecule has 52 heavy (non-hydrogen) atoms. The molecule has 5 aromatic carbocycles. The van der Waals surface area contributed by atoms with Crippen LogP contribution < -0.4 is 5.32 Å². The Hall–Kier alpha value is -6.32. The summed E-state index contributed by atoms with van der Waals surface area (Å²) in [5.74, 6) is 0.260. The molecule has 0 saturated heterocycles. The molecule has 0 aliphatic heterocycles. The van der Waals surface area contributed by atoms with Gasteiger partial charge in [0.1, 0.15) is 11.2 Å². The predicted molar refractivity (Wildman–Crippen MR) is 221 cm³/mol. The zero-order valence-electron chi connectivity index (χ0n) is 29.3. The molecule has 0 fully saturated rings. The Morgan fingerprint density at radius 1 is 0.808 bits per heavy atom. The monoisotopic (exact) mass is 672 g/mol. The number of anilines is 1. The molecule has 2 aliphatic carbocycles. The molecule has 0 bridgehead atoms. The van der Waals surface area contributed by atoms with Gasteiger partial charge in [-0.05, 0) is 94.6 Å². The van der Waals surface area contributed by atoms with Gasteiger partial charge in [-0.2, -0.15) is 0 Å². The van der Waals surface area contributed by atoms with Crippen LogP contribution >= 0.6 is 0 Å². The third-order valence-electron chi connectivity index (χ3n) is 10.6. The molecule has 7 aromatic rings. The first-order chi connectivity index (χ1) is 25.6. The summed E-state index contributed by atoms with van der Waals surface area (Å²) in [5, 5.41) is 8.38. The van der Waals surface area contributed by atoms with Crippen LogP contribution in [0.25, 0.3) is 54.9 Å². The molecule has 0 amide bonds. The standard InChI is InChI=1S/C49H40N2O/c1-33(35-14-5-3-6-15-35)24-25-38(32-50-39-16-7-4-8-17-39)36-26-29-46-43(31-36)41-18-9-11-21-45(41)51(46)44-28-27-37(30-34(44)2)40-20-13-23-48-49(40)42-19-10-12-22-47(42)52-48/h3-5,7-14,16-32,34,44,50H,1,6,15H2,2H3/b25-24-,38-32+. The van der Waals surface area contributed by atoms with Crippen LogP contribution in [0.1, 0.15) is 36.9 Å². The number of fused-ring (bicyclic) bond motifs is 6. The van der Waals surface area contributed by atoms with Crippen molar-refractivity contribution in [3.8, 4) is 0 Å². The Morgan fingerprint density at radius 3 is 2.44 bits per heavy atom. The zero-order chi connectivity index (χ0) is 35.0. The quantitative estimate of drug-likeness (QED) is 0.163. The molecule has 2 unspecified atom stereocenters. The van der Waals surface area contributed by atoms with E-state index >= 15 is 0 Å². The highest BCUT2D eigenvalue weighted by Gasteiger charge is 2.25. The molecule has 2 atom stereocenters. The number of allylic oxidation sites excluding steroid dienone is 12. The van der Waals surface area contributed by atoms with Crippen molar-refractivity contribution in [2.45, 2.75) is 25.8 Å². The van der Waals surface area contributed by atoms with Gasteiger partial charge in [-0.15, -0.1) is 0 Å². The van der Waals surface area contributed by atoms with Crippen molar-refractivity contribution in [1.29, 1.82) is 0 Å². The fraction of sp³-hybridized carbons (Fsp3) is 0.102. The molecule has 0 radical (unpaired) electrons. The van der Waals surface area contributed by atoms with Crippen molar-refractivity contribution in [3.05, 3.63) is 199 Å². The van der Waals surface area contributed by atoms with E-state index in [2.05, 4.69) is 181 Å². The van der Waals surface area contributed by atoms with E-state index in [1.54, 1.807) is 0 Å². The van der Waals surface area contributed by atoms with E-state index in [0.29, 0.717) is 0 Å². The summed E-state index contributed by atoms with van der Waals surface area (Å²) < 4.78 is 8.76. The van der Waals surface area contributed by atoms with Gasteiger partial charge in [0.25, 0.3) is 0 Å². The Balaban J connectivity index is 1.10. The maximum Gasteiger partial charge on any atom is 0.136 e. The predicted octanol–water partition coefficient (Wildman–Crippen LogP) is 13.4. The van der Waals surface area contributed by atoms with E-state index in [-0.39, 0.29) is 12.0 Å². The van der Waals surface area contributed by atoms with Crippen molar-refractivity contribution in [1.82, 2.24) is 4.57 Å². The smallest absolute Gasteiger partial charge is 0.136 e. The van der Waals surface area contributed by atoms with Gasteiger partial charge >= 0.3 is 0 Å². The van der Waals surface area contributed by atoms with Gasteiger partial charge in [-0.3, -0.25) is 0 Å². The molecule has 9 rings (SSSR count). The number of aromatic nitrogens is 1. The molecular formula is C49H40N2O. The molecule has 0 saturated carbocycles. The number of benzene rings is 5. The lowest BCUT2D eigenvalue weighted by Crippen LogP contribution is -2.16. The summed E-state index contributed by atoms with van der Waals surface area (Å²) in [6, 6.07) is 40.9. The molecule has 1 N–H and O–H groups in total. The summed E-state index contributed by atoms with van der Waals surface area (Å²) in [7, 11) is 0. The maximum atomic E-state index is 6.23. The van der Waals surface area contributed by atoms with Crippen LogP contribution in [0.2, 0.25) is 0 Å². The summed E-state index contributed by atoms with van der Waals surface area (Å²) >= 11 is 0. The second-order valence-corrected chi connectivity index (χ2v) is 13.9. The van der Waals surface area contributed by atoms with Gasteiger partial charge in [-0.1, -0.05) is 135 Å². The normalized spacial score (nSPS) is 17.8. The number of nitrogens with zero attached hydrogens (tertiary/aromatic N) is 1. The number of hydrogen-bond donors (Lipinski definition) is 1. The van der Waals surface area contributed by atoms with E-state index in [1.807, 2.05) is 12.1 Å². The van der Waals surface area contributed by atoms with Crippen molar-refractivity contribution >= 4 is 60.6 Å². The van der Waals surface area contributed by atoms with Gasteiger partial charge in [-0.25, -0.2) is 0 Å². The Kier molecular flexibility index (Phi) is 8.17. The van der Waals surface area contributed by atoms with Crippen molar-refractivity contribution in [2.75, 3.05) is 5.32 Å². The van der Waals surface area contributed by atoms with Gasteiger partial charge in [0, 0.05) is 44.5 Å². The summed E-state index contributed by atoms with van der Waals surface area (Å²) in [5.41, 5.74) is 12.4. The molecule has 2 aromatic heterocycles. The number of furan rings is 1. The van der Waals surface area contributed by atoms with Gasteiger partial charge in [0.05, 0.1) is 6.04 Å². The molecule has 0 spiro atoms. The van der Waals surface area contributed by atoms with Gasteiger partial charge < -0.3 is 14.3 Å². The fourth-order valence-electron chi connectivity index (χ4n) is 7.93. The molecular weight excluding hydrogens is 633 g/mol. The van der Waals surface area contributed by atoms with Crippen molar-refractivity contribution < 1.29 is 4.42 Å². The first-order valence-electron chi connectivity index (χ1n) is 18.2. The molecule has 252 valence electrons. The van der Waals surface area contributed by atoms with Crippen LogP contribution in [0, 0.1) is 5.92 Å². The SMILES string of the molecule is C=C(/C=C\C(=C/Nc1ccccc1)c1ccc2c(c1)c1ccccc1n2C1C=CC(c2cccc3oc4ccccc4c23)=CC1C)C1=CC=CCC1. The highest BCUT2D eigenvalue weighted by Crippen LogP contribution is 2.42. The second-order valence-electron chi connectivity index (χ2n) is 13.9. The van der Waals surface area contributed by atoms with Crippen LogP contribution in [0.3, 0.4) is 0 Å². The van der Waals surface area contributed by atoms with Crippen LogP contribution in [0.4, 0.5) is 5.69 Å². The van der Waals surface area contributed by atoms with E-state index in [1.165, 1.54) is 43.9 Å². The molecule has 3 nitrogen and oxygen atoms in total. The Labute approximate surface area is 304 Å². The largest absolute Gasteiger partial charge is 0.456 e. The highest BCUT2D eigenvalue weighted by molar-refractivity contribution is 6.11. The van der Waals surface area contributed by atoms with Crippen molar-refractivity contribution in [2.24, 2.45) is 5.92 Å². The van der Waals surface area contributed by atoms with Gasteiger partial charge in [0.2, 0.25) is 0 Å². The average Bonchev–Trinajstić information content (AvgIpc) is 3.74. The summed E-state index contributed by atoms with van der Waals surface area (Å²) in [4.78, 5) is 0. The first kappa shape index (κ1) is 31.6. The number of para-hydroxylation sites is 3. The number of rotatable bonds is 8. The summed E-state index contributed by atoms with van der Waals surface area (Å²) in [6.45, 7) is 6.75. The van der Waals surface area contributed by atoms with E-state index in [9.17, 15) is 0 Å². The third-order valence-corrected chi connectivity index (χ3v) is 10.6. The van der Waals surface area contributed by atoms with Crippen LogP contribution in [-0.4, -0.2) is 4.57 Å². The van der Waals surface area contributed by atoms with E-state index in [4.69, 9.17) is 4.42 Å². The lowest BCUT2D eigenvalue weighted by Gasteiger charge is -2.27. The maximum absolute atomic E-state index is 6.23. The fourth-order valence-corrected chi connectivity index (χ4v) is 7.93. The first-order valence-corrected chi connectivity index (χ1v) is 18.2. The third kappa shape index (κ3) is 5.75. The van der Waals surface area contributed by atoms with Crippen LogP contribution in [0.5, 0.6) is 0 Å². The lowest BCUT2D eigenvalue weighted by atomic mass is 9.88. The topological polar surface area (TPSA) is 30.1 Å². The summed E-state index contributed by atoms with van der Waals surface area (Å²) in [6.07, 6.45) is 22.2. The Morgan fingerprint density at radius 2 is 1.60 bits per heavy atom. The minimum Gasteiger partial charge on any atom is -0.456 e. The second kappa shape index (κ2) is 13.4. The minimum atomic E-state index is 0.160. The number of hydrogen-bond acceptors (Lipinski definition) is 2. The lowest BCUT2D eigenvalue weighted by molar-refractivity contribution is 0.511. The van der Waals surface area contributed by atoms with E-state index in [0.717, 1.165) is 51.8 Å². The zero-order valence-corrected chi connectivity index (χ0v) is 29.3. The van der Waals surface area contributed by atoms with Crippen LogP contribution in [-0.2, 0) is 0 Å². The molecule has 2 heterocycles. The van der Waals surface area contributed by atoms with Gasteiger partial charge in [0.15, 0.2) is 0 Å². The minimum absolute atomic E-state index is 0.160. The van der Waals surface area contributed by atoms with E-state index < -0.39 is 0 Å². The highest BCUT2D eigenvalue weighted by atomic mass is 16.3. The van der Waals surface area contributed by atoms with Crippen LogP contribution in [0.15, 0.2) is 192 Å². The Bertz CT molecular complexity index is 2690. The average molecular weight is 673 g/mol. The van der Waals surface area contributed by atoms with Crippen molar-refractivity contribution in [3.63, 3.8) is 0 Å².